The van der Waals surface area contributed by atoms with E-state index in [0.717, 1.165) is 19.3 Å². The van der Waals surface area contributed by atoms with Gasteiger partial charge in [-0.05, 0) is 67.1 Å². The quantitative estimate of drug-likeness (QED) is 0.352. The molecule has 180 valence electrons. The van der Waals surface area contributed by atoms with Crippen LogP contribution < -0.4 is 0 Å². The number of hydrogen-bond donors (Lipinski definition) is 0. The fourth-order valence-corrected chi connectivity index (χ4v) is 8.26. The zero-order chi connectivity index (χ0) is 23.4. The maximum Gasteiger partial charge on any atom is 0.358 e. The summed E-state index contributed by atoms with van der Waals surface area (Å²) in [6.07, 6.45) is 6.29. The van der Waals surface area contributed by atoms with Gasteiger partial charge in [0.25, 0.3) is 0 Å². The number of esters is 2. The normalized spacial score (nSPS) is 42.5. The second-order valence-corrected chi connectivity index (χ2v) is 13.1. The highest BCUT2D eigenvalue weighted by Crippen LogP contribution is 2.68. The fourth-order valence-electron chi connectivity index (χ4n) is 8.26. The molecule has 1 aliphatic heterocycles. The van der Waals surface area contributed by atoms with E-state index in [1.165, 1.54) is 18.8 Å². The molecule has 4 heteroatoms. The summed E-state index contributed by atoms with van der Waals surface area (Å²) in [4.78, 5) is 25.0. The molecule has 4 rings (SSSR count). The molecule has 4 nitrogen and oxygen atoms in total. The van der Waals surface area contributed by atoms with Crippen LogP contribution in [0.3, 0.4) is 0 Å². The van der Waals surface area contributed by atoms with Gasteiger partial charge in [0.05, 0.1) is 33.5 Å². The molecule has 0 radical (unpaired) electrons. The van der Waals surface area contributed by atoms with E-state index in [4.69, 9.17) is 9.47 Å². The first kappa shape index (κ1) is 24.0. The molecule has 0 N–H and O–H groups in total. The predicted octanol–water partition coefficient (Wildman–Crippen LogP) is 6.08. The first-order valence-corrected chi connectivity index (χ1v) is 13.1. The minimum atomic E-state index is -0.373. The van der Waals surface area contributed by atoms with E-state index in [-0.39, 0.29) is 22.8 Å². The lowest BCUT2D eigenvalue weighted by atomic mass is 9.62. The monoisotopic (exact) mass is 445 g/mol. The van der Waals surface area contributed by atoms with Crippen molar-refractivity contribution in [2.75, 3.05) is 13.2 Å². The van der Waals surface area contributed by atoms with Gasteiger partial charge in [0.15, 0.2) is 0 Å². The Labute approximate surface area is 195 Å². The smallest absolute Gasteiger partial charge is 0.358 e. The van der Waals surface area contributed by atoms with E-state index in [1.54, 1.807) is 0 Å². The first-order chi connectivity index (χ1) is 15.0. The van der Waals surface area contributed by atoms with Crippen LogP contribution in [0.25, 0.3) is 0 Å². The molecule has 3 saturated carbocycles. The van der Waals surface area contributed by atoms with Crippen LogP contribution in [0.4, 0.5) is 0 Å². The molecule has 0 amide bonds. The van der Waals surface area contributed by atoms with Crippen LogP contribution in [0.5, 0.6) is 0 Å². The molecular weight excluding hydrogens is 400 g/mol. The molecule has 8 unspecified atom stereocenters. The minimum absolute atomic E-state index is 0.00370. The predicted molar refractivity (Wildman–Crippen MR) is 125 cm³/mol. The standard InChI is InChI=1S/C28H45O4/c1-16(2)8-20-10-19(13-32-26(30)28(17(3)4)15-27(28,6)7)11-22-18(5)9-23(25(20)22)21-12-24(29)31-14-21/h16,18-23,25H,8-15H2,1-7H3/q+1. The van der Waals surface area contributed by atoms with Gasteiger partial charge in [-0.15, -0.1) is 0 Å². The van der Waals surface area contributed by atoms with Crippen molar-refractivity contribution < 1.29 is 19.1 Å². The maximum atomic E-state index is 13.1. The number of fused-ring (bicyclic) bond motifs is 1. The third kappa shape index (κ3) is 4.09. The topological polar surface area (TPSA) is 52.6 Å². The van der Waals surface area contributed by atoms with Crippen molar-refractivity contribution in [3.63, 3.8) is 0 Å². The average molecular weight is 446 g/mol. The summed E-state index contributed by atoms with van der Waals surface area (Å²) in [6, 6.07) is 0. The van der Waals surface area contributed by atoms with Gasteiger partial charge in [-0.1, -0.05) is 34.6 Å². The minimum Gasteiger partial charge on any atom is -0.465 e. The van der Waals surface area contributed by atoms with Crippen molar-refractivity contribution in [2.24, 2.45) is 58.2 Å². The number of hydrogen-bond acceptors (Lipinski definition) is 4. The van der Waals surface area contributed by atoms with E-state index < -0.39 is 0 Å². The summed E-state index contributed by atoms with van der Waals surface area (Å²) in [7, 11) is 0. The maximum absolute atomic E-state index is 13.1. The van der Waals surface area contributed by atoms with Crippen LogP contribution >= 0.6 is 0 Å². The molecule has 0 aromatic heterocycles. The highest BCUT2D eigenvalue weighted by Gasteiger charge is 2.76. The summed E-state index contributed by atoms with van der Waals surface area (Å²) in [5.41, 5.74) is -0.350. The van der Waals surface area contributed by atoms with Gasteiger partial charge in [0.1, 0.15) is 5.92 Å². The van der Waals surface area contributed by atoms with Crippen LogP contribution in [0, 0.1) is 64.1 Å². The molecule has 0 aromatic carbocycles. The largest absolute Gasteiger partial charge is 0.465 e. The third-order valence-electron chi connectivity index (χ3n) is 9.81. The van der Waals surface area contributed by atoms with Crippen molar-refractivity contribution in [2.45, 2.75) is 87.0 Å². The highest BCUT2D eigenvalue weighted by molar-refractivity contribution is 5.84. The molecule has 1 saturated heterocycles. The van der Waals surface area contributed by atoms with Gasteiger partial charge in [-0.2, -0.15) is 0 Å². The van der Waals surface area contributed by atoms with Crippen molar-refractivity contribution in [1.82, 2.24) is 0 Å². The van der Waals surface area contributed by atoms with Crippen LogP contribution in [0.2, 0.25) is 0 Å². The van der Waals surface area contributed by atoms with Crippen LogP contribution in [-0.2, 0) is 19.1 Å². The fraction of sp³-hybridized carbons (Fsp3) is 0.893. The summed E-state index contributed by atoms with van der Waals surface area (Å²) >= 11 is 0. The third-order valence-corrected chi connectivity index (χ3v) is 9.81. The number of cyclic esters (lactones) is 1. The SMILES string of the molecule is C[C+](C)C1(C(=O)OCC2CC(CC(C)C)C3C(C2)C(C)CC3C2COC(=O)C2)CC1(C)C. The Kier molecular flexibility index (Phi) is 6.40. The Morgan fingerprint density at radius 1 is 1.19 bits per heavy atom. The number of ether oxygens (including phenoxy) is 2. The Morgan fingerprint density at radius 2 is 1.88 bits per heavy atom. The van der Waals surface area contributed by atoms with Crippen molar-refractivity contribution in [1.29, 1.82) is 0 Å². The molecule has 0 aromatic rings. The first-order valence-electron chi connectivity index (χ1n) is 13.1. The Balaban J connectivity index is 1.44. The number of carbonyl (C=O) groups is 2. The van der Waals surface area contributed by atoms with Gasteiger partial charge in [0, 0.05) is 17.8 Å². The molecular formula is C28H45O4+. The lowest BCUT2D eigenvalue weighted by molar-refractivity contribution is -0.153. The van der Waals surface area contributed by atoms with Crippen LogP contribution in [-0.4, -0.2) is 25.2 Å². The number of carbonyl (C=O) groups excluding carboxylic acids is 2. The lowest BCUT2D eigenvalue weighted by Gasteiger charge is -2.43. The van der Waals surface area contributed by atoms with Crippen LogP contribution in [0.15, 0.2) is 0 Å². The second-order valence-electron chi connectivity index (χ2n) is 13.1. The van der Waals surface area contributed by atoms with Crippen LogP contribution in [0.1, 0.15) is 87.0 Å². The van der Waals surface area contributed by atoms with Gasteiger partial charge < -0.3 is 9.47 Å². The molecule has 0 bridgehead atoms. The zero-order valence-corrected chi connectivity index (χ0v) is 21.4. The van der Waals surface area contributed by atoms with Gasteiger partial charge >= 0.3 is 11.9 Å². The van der Waals surface area contributed by atoms with E-state index in [0.29, 0.717) is 67.0 Å². The Hall–Kier alpha value is -1.19. The molecule has 3 aliphatic carbocycles. The average Bonchev–Trinajstić information content (AvgIpc) is 2.97. The van der Waals surface area contributed by atoms with E-state index in [2.05, 4.69) is 48.5 Å². The van der Waals surface area contributed by atoms with E-state index >= 15 is 0 Å². The molecule has 4 fully saturated rings. The molecule has 0 spiro atoms. The molecule has 32 heavy (non-hydrogen) atoms. The van der Waals surface area contributed by atoms with Crippen molar-refractivity contribution in [3.05, 3.63) is 5.92 Å². The van der Waals surface area contributed by atoms with Crippen molar-refractivity contribution >= 4 is 11.9 Å². The summed E-state index contributed by atoms with van der Waals surface area (Å²) in [6.45, 7) is 16.8. The lowest BCUT2D eigenvalue weighted by Crippen LogP contribution is -2.39. The van der Waals surface area contributed by atoms with E-state index in [1.807, 2.05) is 0 Å². The Bertz CT molecular complexity index is 725. The van der Waals surface area contributed by atoms with Gasteiger partial charge in [-0.25, -0.2) is 4.79 Å². The number of rotatable bonds is 7. The van der Waals surface area contributed by atoms with Crippen molar-refractivity contribution in [3.8, 4) is 0 Å². The zero-order valence-electron chi connectivity index (χ0n) is 21.4. The summed E-state index contributed by atoms with van der Waals surface area (Å²) < 4.78 is 11.4. The summed E-state index contributed by atoms with van der Waals surface area (Å²) in [5, 5.41) is 0. The van der Waals surface area contributed by atoms with Gasteiger partial charge in [0.2, 0.25) is 5.41 Å². The Morgan fingerprint density at radius 3 is 2.41 bits per heavy atom. The van der Waals surface area contributed by atoms with Gasteiger partial charge in [-0.3, -0.25) is 4.79 Å². The van der Waals surface area contributed by atoms with E-state index in [9.17, 15) is 9.59 Å². The molecule has 8 atom stereocenters. The summed E-state index contributed by atoms with van der Waals surface area (Å²) in [5.74, 6) is 6.04. The molecule has 4 aliphatic rings. The molecule has 1 heterocycles. The second kappa shape index (κ2) is 8.55. The highest BCUT2D eigenvalue weighted by atomic mass is 16.5.